The first-order chi connectivity index (χ1) is 12.3. The van der Waals surface area contributed by atoms with Crippen molar-refractivity contribution in [2.75, 3.05) is 18.0 Å². The molecule has 0 saturated carbocycles. The highest BCUT2D eigenvalue weighted by atomic mass is 32.1. The summed E-state index contributed by atoms with van der Waals surface area (Å²) in [5.74, 6) is 2.20. The van der Waals surface area contributed by atoms with Crippen molar-refractivity contribution >= 4 is 33.1 Å². The van der Waals surface area contributed by atoms with Gasteiger partial charge in [0.2, 0.25) is 0 Å². The van der Waals surface area contributed by atoms with Crippen molar-refractivity contribution in [1.82, 2.24) is 24.6 Å². The minimum atomic E-state index is 0.457. The van der Waals surface area contributed by atoms with Crippen LogP contribution in [0.3, 0.4) is 0 Å². The lowest BCUT2D eigenvalue weighted by Gasteiger charge is -2.33. The molecule has 1 aliphatic heterocycles. The molecule has 0 radical (unpaired) electrons. The van der Waals surface area contributed by atoms with Crippen molar-refractivity contribution in [3.63, 3.8) is 0 Å². The molecular formula is C18H18N6S. The first-order valence-electron chi connectivity index (χ1n) is 8.56. The molecule has 0 aliphatic carbocycles. The number of aryl methyl sites for hydroxylation is 1. The van der Waals surface area contributed by atoms with Crippen molar-refractivity contribution in [3.05, 3.63) is 47.4 Å². The van der Waals surface area contributed by atoms with Crippen LogP contribution in [0.4, 0.5) is 5.82 Å². The third kappa shape index (κ3) is 2.55. The second-order valence-electron chi connectivity index (χ2n) is 6.53. The lowest BCUT2D eigenvalue weighted by atomic mass is 9.98. The number of thiazole rings is 1. The Hall–Kier alpha value is -2.54. The average Bonchev–Trinajstić information content (AvgIpc) is 3.27. The molecule has 4 aromatic rings. The van der Waals surface area contributed by atoms with E-state index in [0.717, 1.165) is 36.5 Å². The first kappa shape index (κ1) is 14.8. The van der Waals surface area contributed by atoms with Crippen LogP contribution in [0.2, 0.25) is 0 Å². The molecule has 0 amide bonds. The van der Waals surface area contributed by atoms with Crippen LogP contribution in [0.5, 0.6) is 0 Å². The molecule has 0 spiro atoms. The van der Waals surface area contributed by atoms with Gasteiger partial charge in [-0.25, -0.2) is 9.97 Å². The number of anilines is 1. The zero-order chi connectivity index (χ0) is 16.8. The van der Waals surface area contributed by atoms with E-state index in [1.165, 1.54) is 16.1 Å². The fraction of sp³-hybridized carbons (Fsp3) is 0.333. The molecule has 4 heterocycles. The predicted molar refractivity (Wildman–Crippen MR) is 99.3 cm³/mol. The molecule has 1 atom stereocenters. The van der Waals surface area contributed by atoms with Crippen LogP contribution in [0.25, 0.3) is 16.0 Å². The van der Waals surface area contributed by atoms with E-state index >= 15 is 0 Å². The molecule has 1 aromatic carbocycles. The van der Waals surface area contributed by atoms with Crippen molar-refractivity contribution < 1.29 is 0 Å². The largest absolute Gasteiger partial charge is 0.356 e. The highest BCUT2D eigenvalue weighted by Gasteiger charge is 2.26. The monoisotopic (exact) mass is 350 g/mol. The van der Waals surface area contributed by atoms with E-state index in [2.05, 4.69) is 50.3 Å². The fourth-order valence-corrected chi connectivity index (χ4v) is 4.68. The molecule has 0 N–H and O–H groups in total. The van der Waals surface area contributed by atoms with E-state index in [1.54, 1.807) is 6.33 Å². The standard InChI is InChI=1S/C18H18N6S/c1-12-9-16(24-18(21-12)19-11-20-24)23-8-4-5-13(10-23)17-22-14-6-2-3-7-15(14)25-17/h2-3,6-7,9,11,13H,4-5,8,10H2,1H3. The van der Waals surface area contributed by atoms with Gasteiger partial charge in [0.1, 0.15) is 12.1 Å². The highest BCUT2D eigenvalue weighted by Crippen LogP contribution is 2.34. The van der Waals surface area contributed by atoms with Crippen LogP contribution in [-0.2, 0) is 0 Å². The summed E-state index contributed by atoms with van der Waals surface area (Å²) in [4.78, 5) is 16.0. The predicted octanol–water partition coefficient (Wildman–Crippen LogP) is 3.43. The Morgan fingerprint density at radius 2 is 2.12 bits per heavy atom. The van der Waals surface area contributed by atoms with Gasteiger partial charge in [-0.05, 0) is 31.9 Å². The number of aromatic nitrogens is 5. The minimum absolute atomic E-state index is 0.457. The Kier molecular flexibility index (Phi) is 3.41. The van der Waals surface area contributed by atoms with Gasteiger partial charge < -0.3 is 4.90 Å². The Bertz CT molecular complexity index is 1020. The summed E-state index contributed by atoms with van der Waals surface area (Å²) in [7, 11) is 0. The van der Waals surface area contributed by atoms with Crippen LogP contribution < -0.4 is 4.90 Å². The Morgan fingerprint density at radius 1 is 1.20 bits per heavy atom. The van der Waals surface area contributed by atoms with Gasteiger partial charge in [-0.1, -0.05) is 12.1 Å². The molecule has 1 saturated heterocycles. The maximum Gasteiger partial charge on any atom is 0.254 e. The van der Waals surface area contributed by atoms with Crippen LogP contribution >= 0.6 is 11.3 Å². The zero-order valence-corrected chi connectivity index (χ0v) is 14.8. The van der Waals surface area contributed by atoms with Crippen LogP contribution in [0.1, 0.15) is 29.5 Å². The van der Waals surface area contributed by atoms with E-state index in [0.29, 0.717) is 11.7 Å². The van der Waals surface area contributed by atoms with E-state index in [4.69, 9.17) is 4.98 Å². The zero-order valence-electron chi connectivity index (χ0n) is 14.0. The molecule has 0 bridgehead atoms. The van der Waals surface area contributed by atoms with Gasteiger partial charge in [0, 0.05) is 30.8 Å². The highest BCUT2D eigenvalue weighted by molar-refractivity contribution is 7.18. The van der Waals surface area contributed by atoms with E-state index < -0.39 is 0 Å². The Labute approximate surface area is 149 Å². The summed E-state index contributed by atoms with van der Waals surface area (Å²) in [5, 5.41) is 5.60. The number of hydrogen-bond donors (Lipinski definition) is 0. The summed E-state index contributed by atoms with van der Waals surface area (Å²) in [6.45, 7) is 3.99. The van der Waals surface area contributed by atoms with Gasteiger partial charge in [-0.3, -0.25) is 0 Å². The fourth-order valence-electron chi connectivity index (χ4n) is 3.59. The molecule has 6 nitrogen and oxygen atoms in total. The van der Waals surface area contributed by atoms with Crippen LogP contribution in [0, 0.1) is 6.92 Å². The van der Waals surface area contributed by atoms with Crippen LogP contribution in [0.15, 0.2) is 36.7 Å². The maximum atomic E-state index is 4.88. The second-order valence-corrected chi connectivity index (χ2v) is 7.59. The minimum Gasteiger partial charge on any atom is -0.356 e. The van der Waals surface area contributed by atoms with Gasteiger partial charge in [0.15, 0.2) is 0 Å². The number of hydrogen-bond acceptors (Lipinski definition) is 6. The number of para-hydroxylation sites is 1. The SMILES string of the molecule is Cc1cc(N2CCCC(c3nc4ccccc4s3)C2)n2ncnc2n1. The molecule has 126 valence electrons. The van der Waals surface area contributed by atoms with Crippen molar-refractivity contribution in [2.24, 2.45) is 0 Å². The van der Waals surface area contributed by atoms with Gasteiger partial charge in [-0.15, -0.1) is 11.3 Å². The smallest absolute Gasteiger partial charge is 0.254 e. The van der Waals surface area contributed by atoms with Gasteiger partial charge in [-0.2, -0.15) is 14.6 Å². The molecule has 25 heavy (non-hydrogen) atoms. The average molecular weight is 350 g/mol. The van der Waals surface area contributed by atoms with Crippen molar-refractivity contribution in [2.45, 2.75) is 25.7 Å². The molecular weight excluding hydrogens is 332 g/mol. The first-order valence-corrected chi connectivity index (χ1v) is 9.37. The van der Waals surface area contributed by atoms with Crippen LogP contribution in [-0.4, -0.2) is 37.7 Å². The number of benzene rings is 1. The van der Waals surface area contributed by atoms with Gasteiger partial charge in [0.25, 0.3) is 5.78 Å². The number of rotatable bonds is 2. The molecule has 7 heteroatoms. The Balaban J connectivity index is 1.50. The van der Waals surface area contributed by atoms with Crippen molar-refractivity contribution in [3.8, 4) is 0 Å². The third-order valence-electron chi connectivity index (χ3n) is 4.77. The normalized spacial score (nSPS) is 18.3. The quantitative estimate of drug-likeness (QED) is 0.554. The summed E-state index contributed by atoms with van der Waals surface area (Å²) < 4.78 is 3.11. The topological polar surface area (TPSA) is 59.2 Å². The third-order valence-corrected chi connectivity index (χ3v) is 5.97. The van der Waals surface area contributed by atoms with Crippen molar-refractivity contribution in [1.29, 1.82) is 0 Å². The lowest BCUT2D eigenvalue weighted by molar-refractivity contribution is 0.503. The lowest BCUT2D eigenvalue weighted by Crippen LogP contribution is -2.35. The van der Waals surface area contributed by atoms with E-state index in [-0.39, 0.29) is 0 Å². The van der Waals surface area contributed by atoms with E-state index in [1.807, 2.05) is 22.8 Å². The summed E-state index contributed by atoms with van der Waals surface area (Å²) >= 11 is 1.82. The number of fused-ring (bicyclic) bond motifs is 2. The summed E-state index contributed by atoms with van der Waals surface area (Å²) in [6.07, 6.45) is 3.90. The number of nitrogens with zero attached hydrogens (tertiary/aromatic N) is 6. The molecule has 3 aromatic heterocycles. The Morgan fingerprint density at radius 3 is 3.04 bits per heavy atom. The molecule has 1 fully saturated rings. The van der Waals surface area contributed by atoms with Gasteiger partial charge >= 0.3 is 0 Å². The van der Waals surface area contributed by atoms with E-state index in [9.17, 15) is 0 Å². The molecule has 1 unspecified atom stereocenters. The van der Waals surface area contributed by atoms with Gasteiger partial charge in [0.05, 0.1) is 15.2 Å². The molecule has 5 rings (SSSR count). The second kappa shape index (κ2) is 5.77. The summed E-state index contributed by atoms with van der Waals surface area (Å²) in [6, 6.07) is 10.5. The maximum absolute atomic E-state index is 4.88. The number of piperidine rings is 1. The summed E-state index contributed by atoms with van der Waals surface area (Å²) in [5.41, 5.74) is 2.08. The molecule has 1 aliphatic rings.